The molecule has 0 radical (unpaired) electrons. The SMILES string of the molecule is COc1ccc(-c2noc(-c3ccccc3NC(=O)/C=C/c3ccccc3)n2)cc1. The number of methoxy groups -OCH3 is 1. The van der Waals surface area contributed by atoms with Crippen molar-refractivity contribution in [1.82, 2.24) is 10.1 Å². The standard InChI is InChI=1S/C24H19N3O3/c1-29-19-14-12-18(13-15-19)23-26-24(30-27-23)20-9-5-6-10-21(20)25-22(28)16-11-17-7-3-2-4-8-17/h2-16H,1H3,(H,25,28)/b16-11+. The van der Waals surface area contributed by atoms with Crippen LogP contribution in [0.1, 0.15) is 5.56 Å². The first-order chi connectivity index (χ1) is 14.7. The Morgan fingerprint density at radius 2 is 1.70 bits per heavy atom. The Kier molecular flexibility index (Phi) is 5.66. The van der Waals surface area contributed by atoms with E-state index in [1.807, 2.05) is 72.8 Å². The lowest BCUT2D eigenvalue weighted by atomic mass is 10.1. The average molecular weight is 397 g/mol. The maximum Gasteiger partial charge on any atom is 0.260 e. The summed E-state index contributed by atoms with van der Waals surface area (Å²) in [5.41, 5.74) is 2.98. The van der Waals surface area contributed by atoms with Gasteiger partial charge in [-0.25, -0.2) is 0 Å². The zero-order valence-corrected chi connectivity index (χ0v) is 16.3. The summed E-state index contributed by atoms with van der Waals surface area (Å²) in [5, 5.41) is 6.93. The number of nitrogens with zero attached hydrogens (tertiary/aromatic N) is 2. The first-order valence-corrected chi connectivity index (χ1v) is 9.34. The van der Waals surface area contributed by atoms with Gasteiger partial charge < -0.3 is 14.6 Å². The zero-order chi connectivity index (χ0) is 20.8. The van der Waals surface area contributed by atoms with Gasteiger partial charge in [0, 0.05) is 11.6 Å². The fourth-order valence-electron chi connectivity index (χ4n) is 2.88. The molecule has 3 aromatic carbocycles. The van der Waals surface area contributed by atoms with Crippen LogP contribution in [0.15, 0.2) is 89.5 Å². The van der Waals surface area contributed by atoms with Gasteiger partial charge in [0.05, 0.1) is 18.4 Å². The van der Waals surface area contributed by atoms with Crippen LogP contribution >= 0.6 is 0 Å². The molecule has 0 aliphatic heterocycles. The maximum absolute atomic E-state index is 12.4. The number of hydrogen-bond donors (Lipinski definition) is 1. The van der Waals surface area contributed by atoms with Crippen LogP contribution in [0.25, 0.3) is 28.9 Å². The molecule has 0 saturated heterocycles. The molecule has 6 nitrogen and oxygen atoms in total. The van der Waals surface area contributed by atoms with Crippen LogP contribution in [0, 0.1) is 0 Å². The van der Waals surface area contributed by atoms with E-state index in [1.54, 1.807) is 19.3 Å². The highest BCUT2D eigenvalue weighted by atomic mass is 16.5. The van der Waals surface area contributed by atoms with Gasteiger partial charge in [-0.1, -0.05) is 47.6 Å². The van der Waals surface area contributed by atoms with Gasteiger partial charge >= 0.3 is 0 Å². The minimum absolute atomic E-state index is 0.249. The van der Waals surface area contributed by atoms with Crippen molar-refractivity contribution in [2.75, 3.05) is 12.4 Å². The highest BCUT2D eigenvalue weighted by Crippen LogP contribution is 2.29. The smallest absolute Gasteiger partial charge is 0.260 e. The van der Waals surface area contributed by atoms with Crippen molar-refractivity contribution in [3.8, 4) is 28.6 Å². The summed E-state index contributed by atoms with van der Waals surface area (Å²) in [4.78, 5) is 16.9. The Hall–Kier alpha value is -4.19. The lowest BCUT2D eigenvalue weighted by Gasteiger charge is -2.06. The molecule has 0 spiro atoms. The van der Waals surface area contributed by atoms with E-state index in [9.17, 15) is 4.79 Å². The first kappa shape index (κ1) is 19.1. The Labute approximate surface area is 173 Å². The van der Waals surface area contributed by atoms with E-state index in [2.05, 4.69) is 15.5 Å². The van der Waals surface area contributed by atoms with Crippen molar-refractivity contribution < 1.29 is 14.1 Å². The lowest BCUT2D eigenvalue weighted by Crippen LogP contribution is -2.08. The van der Waals surface area contributed by atoms with E-state index in [1.165, 1.54) is 6.08 Å². The van der Waals surface area contributed by atoms with Gasteiger partial charge in [-0.3, -0.25) is 4.79 Å². The topological polar surface area (TPSA) is 77.3 Å². The molecule has 1 amide bonds. The number of nitrogens with one attached hydrogen (secondary N) is 1. The molecule has 30 heavy (non-hydrogen) atoms. The van der Waals surface area contributed by atoms with E-state index in [0.29, 0.717) is 23.0 Å². The summed E-state index contributed by atoms with van der Waals surface area (Å²) in [6.45, 7) is 0. The number of carbonyl (C=O) groups is 1. The molecule has 1 heterocycles. The first-order valence-electron chi connectivity index (χ1n) is 9.34. The summed E-state index contributed by atoms with van der Waals surface area (Å²) in [6.07, 6.45) is 3.25. The van der Waals surface area contributed by atoms with Crippen molar-refractivity contribution in [2.24, 2.45) is 0 Å². The number of aromatic nitrogens is 2. The monoisotopic (exact) mass is 397 g/mol. The van der Waals surface area contributed by atoms with E-state index < -0.39 is 0 Å². The van der Waals surface area contributed by atoms with Crippen molar-refractivity contribution in [3.63, 3.8) is 0 Å². The highest BCUT2D eigenvalue weighted by Gasteiger charge is 2.15. The normalized spacial score (nSPS) is 10.8. The molecule has 0 bridgehead atoms. The summed E-state index contributed by atoms with van der Waals surface area (Å²) < 4.78 is 10.6. The minimum atomic E-state index is -0.249. The Morgan fingerprint density at radius 3 is 2.47 bits per heavy atom. The highest BCUT2D eigenvalue weighted by molar-refractivity contribution is 6.03. The molecule has 1 N–H and O–H groups in total. The number of anilines is 1. The van der Waals surface area contributed by atoms with Crippen molar-refractivity contribution in [3.05, 3.63) is 90.5 Å². The lowest BCUT2D eigenvalue weighted by molar-refractivity contribution is -0.111. The van der Waals surface area contributed by atoms with E-state index in [-0.39, 0.29) is 5.91 Å². The van der Waals surface area contributed by atoms with Crippen LogP contribution in [0.2, 0.25) is 0 Å². The fourth-order valence-corrected chi connectivity index (χ4v) is 2.88. The zero-order valence-electron chi connectivity index (χ0n) is 16.3. The molecule has 4 rings (SSSR count). The molecule has 0 aliphatic rings. The molecule has 0 saturated carbocycles. The Bertz CT molecular complexity index is 1170. The van der Waals surface area contributed by atoms with Crippen molar-refractivity contribution >= 4 is 17.7 Å². The van der Waals surface area contributed by atoms with Gasteiger partial charge in [-0.2, -0.15) is 4.98 Å². The molecule has 1 aromatic heterocycles. The summed E-state index contributed by atoms with van der Waals surface area (Å²) in [5.74, 6) is 1.28. The van der Waals surface area contributed by atoms with Crippen LogP contribution in [-0.4, -0.2) is 23.2 Å². The molecule has 0 unspecified atom stereocenters. The third kappa shape index (κ3) is 4.44. The summed E-state index contributed by atoms with van der Waals surface area (Å²) in [7, 11) is 1.61. The molecule has 4 aromatic rings. The molecular weight excluding hydrogens is 378 g/mol. The molecule has 0 atom stereocenters. The second kappa shape index (κ2) is 8.87. The van der Waals surface area contributed by atoms with E-state index in [0.717, 1.165) is 16.9 Å². The molecule has 0 aliphatic carbocycles. The Morgan fingerprint density at radius 1 is 0.967 bits per heavy atom. The van der Waals surface area contributed by atoms with Gasteiger partial charge in [0.15, 0.2) is 0 Å². The maximum atomic E-state index is 12.4. The number of ether oxygens (including phenoxy) is 1. The second-order valence-corrected chi connectivity index (χ2v) is 6.43. The number of hydrogen-bond acceptors (Lipinski definition) is 5. The largest absolute Gasteiger partial charge is 0.497 e. The Balaban J connectivity index is 1.54. The predicted molar refractivity (Wildman–Crippen MR) is 116 cm³/mol. The third-order valence-electron chi connectivity index (χ3n) is 4.42. The van der Waals surface area contributed by atoms with Crippen molar-refractivity contribution in [2.45, 2.75) is 0 Å². The molecule has 6 heteroatoms. The number of amides is 1. The van der Waals surface area contributed by atoms with E-state index >= 15 is 0 Å². The predicted octanol–water partition coefficient (Wildman–Crippen LogP) is 5.06. The van der Waals surface area contributed by atoms with Gasteiger partial charge in [0.1, 0.15) is 5.75 Å². The number of para-hydroxylation sites is 1. The summed E-state index contributed by atoms with van der Waals surface area (Å²) in [6, 6.07) is 24.3. The average Bonchev–Trinajstić information content (AvgIpc) is 3.29. The van der Waals surface area contributed by atoms with Gasteiger partial charge in [0.2, 0.25) is 11.7 Å². The van der Waals surface area contributed by atoms with Crippen LogP contribution in [-0.2, 0) is 4.79 Å². The fraction of sp³-hybridized carbons (Fsp3) is 0.0417. The molecular formula is C24H19N3O3. The third-order valence-corrected chi connectivity index (χ3v) is 4.42. The quantitative estimate of drug-likeness (QED) is 0.460. The second-order valence-electron chi connectivity index (χ2n) is 6.43. The van der Waals surface area contributed by atoms with Crippen LogP contribution in [0.3, 0.4) is 0 Å². The molecule has 0 fully saturated rings. The van der Waals surface area contributed by atoms with Crippen LogP contribution < -0.4 is 10.1 Å². The van der Waals surface area contributed by atoms with Crippen molar-refractivity contribution in [1.29, 1.82) is 0 Å². The van der Waals surface area contributed by atoms with Gasteiger partial charge in [-0.05, 0) is 48.0 Å². The van der Waals surface area contributed by atoms with Crippen LogP contribution in [0.4, 0.5) is 5.69 Å². The number of rotatable bonds is 6. The minimum Gasteiger partial charge on any atom is -0.497 e. The van der Waals surface area contributed by atoms with Crippen LogP contribution in [0.5, 0.6) is 5.75 Å². The summed E-state index contributed by atoms with van der Waals surface area (Å²) >= 11 is 0. The number of carbonyl (C=O) groups excluding carboxylic acids is 1. The van der Waals surface area contributed by atoms with E-state index in [4.69, 9.17) is 9.26 Å². The molecule has 148 valence electrons. The van der Waals surface area contributed by atoms with Gasteiger partial charge in [0.25, 0.3) is 5.89 Å². The van der Waals surface area contributed by atoms with Gasteiger partial charge in [-0.15, -0.1) is 0 Å². The number of benzene rings is 3.